The quantitative estimate of drug-likeness (QED) is 0.870. The van der Waals surface area contributed by atoms with E-state index in [0.29, 0.717) is 23.9 Å². The van der Waals surface area contributed by atoms with Crippen LogP contribution in [0, 0.1) is 12.8 Å². The van der Waals surface area contributed by atoms with E-state index in [-0.39, 0.29) is 5.91 Å². The molecule has 1 aromatic heterocycles. The van der Waals surface area contributed by atoms with Crippen LogP contribution in [0.25, 0.3) is 0 Å². The lowest BCUT2D eigenvalue weighted by Gasteiger charge is -2.28. The van der Waals surface area contributed by atoms with Gasteiger partial charge in [-0.1, -0.05) is 13.8 Å². The number of hydrogen-bond donors (Lipinski definition) is 1. The summed E-state index contributed by atoms with van der Waals surface area (Å²) in [6.07, 6.45) is 2.23. The second-order valence-electron chi connectivity index (χ2n) is 5.54. The van der Waals surface area contributed by atoms with Gasteiger partial charge in [-0.05, 0) is 32.3 Å². The molecule has 0 unspecified atom stereocenters. The summed E-state index contributed by atoms with van der Waals surface area (Å²) in [7, 11) is 3.12. The molecule has 0 fully saturated rings. The number of methoxy groups -OCH3 is 2. The van der Waals surface area contributed by atoms with E-state index in [1.807, 2.05) is 13.0 Å². The summed E-state index contributed by atoms with van der Waals surface area (Å²) in [6.45, 7) is 7.80. The largest absolute Gasteiger partial charge is 0.481 e. The van der Waals surface area contributed by atoms with E-state index in [2.05, 4.69) is 24.1 Å². The minimum absolute atomic E-state index is 0.167. The first-order valence-electron chi connectivity index (χ1n) is 6.69. The fourth-order valence-corrected chi connectivity index (χ4v) is 2.16. The number of hydrogen-bond acceptors (Lipinski definition) is 4. The number of pyridine rings is 1. The maximum Gasteiger partial charge on any atom is 0.256 e. The van der Waals surface area contributed by atoms with Crippen molar-refractivity contribution in [2.45, 2.75) is 39.7 Å². The summed E-state index contributed by atoms with van der Waals surface area (Å²) in [6, 6.07) is 1.83. The van der Waals surface area contributed by atoms with Gasteiger partial charge in [-0.15, -0.1) is 0 Å². The van der Waals surface area contributed by atoms with Crippen molar-refractivity contribution < 1.29 is 14.3 Å². The third kappa shape index (κ3) is 3.93. The molecule has 5 nitrogen and oxygen atoms in total. The summed E-state index contributed by atoms with van der Waals surface area (Å²) in [5, 5.41) is 2.85. The fourth-order valence-electron chi connectivity index (χ4n) is 2.16. The lowest BCUT2D eigenvalue weighted by Crippen LogP contribution is -2.43. The second-order valence-corrected chi connectivity index (χ2v) is 5.54. The maximum absolute atomic E-state index is 12.4. The molecule has 1 rings (SSSR count). The van der Waals surface area contributed by atoms with Crippen molar-refractivity contribution in [3.05, 3.63) is 17.8 Å². The number of anilines is 1. The van der Waals surface area contributed by atoms with Crippen LogP contribution in [0.2, 0.25) is 0 Å². The molecule has 0 bridgehead atoms. The molecule has 0 aliphatic rings. The Kier molecular flexibility index (Phi) is 5.51. The van der Waals surface area contributed by atoms with E-state index >= 15 is 0 Å². The Morgan fingerprint density at radius 2 is 2.10 bits per heavy atom. The number of amides is 1. The van der Waals surface area contributed by atoms with E-state index in [9.17, 15) is 4.79 Å². The standard InChI is InChI=1S/C15H24N2O3/c1-10(2)8-15(4,20-6)14(18)17-12-7-11(3)13(19-5)16-9-12/h7,9-10H,8H2,1-6H3,(H,17,18)/t15-/m0/s1. The topological polar surface area (TPSA) is 60.5 Å². The molecule has 1 atom stereocenters. The van der Waals surface area contributed by atoms with Crippen molar-refractivity contribution in [3.63, 3.8) is 0 Å². The van der Waals surface area contributed by atoms with E-state index in [1.54, 1.807) is 27.3 Å². The van der Waals surface area contributed by atoms with Gasteiger partial charge in [0.25, 0.3) is 5.91 Å². The first-order chi connectivity index (χ1) is 9.32. The van der Waals surface area contributed by atoms with Crippen molar-refractivity contribution in [2.75, 3.05) is 19.5 Å². The molecule has 1 amide bonds. The average molecular weight is 280 g/mol. The van der Waals surface area contributed by atoms with Crippen LogP contribution in [0.4, 0.5) is 5.69 Å². The molecule has 1 aromatic rings. The minimum Gasteiger partial charge on any atom is -0.481 e. The summed E-state index contributed by atoms with van der Waals surface area (Å²) in [4.78, 5) is 16.5. The van der Waals surface area contributed by atoms with Crippen LogP contribution in [0.5, 0.6) is 5.88 Å². The van der Waals surface area contributed by atoms with Gasteiger partial charge >= 0.3 is 0 Å². The summed E-state index contributed by atoms with van der Waals surface area (Å²) >= 11 is 0. The molecule has 0 radical (unpaired) electrons. The van der Waals surface area contributed by atoms with Gasteiger partial charge in [-0.25, -0.2) is 4.98 Å². The van der Waals surface area contributed by atoms with Crippen LogP contribution in [0.1, 0.15) is 32.8 Å². The van der Waals surface area contributed by atoms with Crippen molar-refractivity contribution in [1.29, 1.82) is 0 Å². The second kappa shape index (κ2) is 6.70. The van der Waals surface area contributed by atoms with Gasteiger partial charge in [0.15, 0.2) is 0 Å². The highest BCUT2D eigenvalue weighted by molar-refractivity contribution is 5.97. The molecule has 5 heteroatoms. The number of carbonyl (C=O) groups is 1. The molecular formula is C15H24N2O3. The summed E-state index contributed by atoms with van der Waals surface area (Å²) in [5.74, 6) is 0.751. The van der Waals surface area contributed by atoms with Crippen LogP contribution in [0.3, 0.4) is 0 Å². The molecule has 0 aliphatic carbocycles. The molecule has 112 valence electrons. The van der Waals surface area contributed by atoms with Gasteiger partial charge in [0.05, 0.1) is 19.0 Å². The lowest BCUT2D eigenvalue weighted by atomic mass is 9.93. The van der Waals surface area contributed by atoms with E-state index in [4.69, 9.17) is 9.47 Å². The monoisotopic (exact) mass is 280 g/mol. The van der Waals surface area contributed by atoms with Gasteiger partial charge in [-0.3, -0.25) is 4.79 Å². The number of nitrogens with zero attached hydrogens (tertiary/aromatic N) is 1. The number of carbonyl (C=O) groups excluding carboxylic acids is 1. The average Bonchev–Trinajstić information content (AvgIpc) is 2.38. The van der Waals surface area contributed by atoms with E-state index < -0.39 is 5.60 Å². The predicted molar refractivity (Wildman–Crippen MR) is 79.0 cm³/mol. The Balaban J connectivity index is 2.86. The number of aromatic nitrogens is 1. The fraction of sp³-hybridized carbons (Fsp3) is 0.600. The minimum atomic E-state index is -0.845. The highest BCUT2D eigenvalue weighted by Gasteiger charge is 2.33. The van der Waals surface area contributed by atoms with Crippen LogP contribution in [0.15, 0.2) is 12.3 Å². The predicted octanol–water partition coefficient (Wildman–Crippen LogP) is 2.79. The molecule has 20 heavy (non-hydrogen) atoms. The van der Waals surface area contributed by atoms with Crippen LogP contribution in [-0.2, 0) is 9.53 Å². The van der Waals surface area contributed by atoms with Gasteiger partial charge in [0.1, 0.15) is 5.60 Å². The third-order valence-corrected chi connectivity index (χ3v) is 3.21. The van der Waals surface area contributed by atoms with Crippen molar-refractivity contribution >= 4 is 11.6 Å². The number of rotatable bonds is 6. The van der Waals surface area contributed by atoms with Crippen LogP contribution >= 0.6 is 0 Å². The van der Waals surface area contributed by atoms with Gasteiger partial charge in [0, 0.05) is 12.7 Å². The van der Waals surface area contributed by atoms with Crippen molar-refractivity contribution in [1.82, 2.24) is 4.98 Å². The van der Waals surface area contributed by atoms with Crippen LogP contribution < -0.4 is 10.1 Å². The highest BCUT2D eigenvalue weighted by atomic mass is 16.5. The molecule has 0 saturated heterocycles. The zero-order valence-electron chi connectivity index (χ0n) is 13.1. The van der Waals surface area contributed by atoms with Crippen LogP contribution in [-0.4, -0.2) is 30.7 Å². The van der Waals surface area contributed by atoms with E-state index in [0.717, 1.165) is 5.56 Å². The van der Waals surface area contributed by atoms with Gasteiger partial charge < -0.3 is 14.8 Å². The SMILES string of the molecule is COc1ncc(NC(=O)[C@](C)(CC(C)C)OC)cc1C. The summed E-state index contributed by atoms with van der Waals surface area (Å²) in [5.41, 5.74) is 0.663. The first kappa shape index (κ1) is 16.4. The molecule has 1 N–H and O–H groups in total. The van der Waals surface area contributed by atoms with Gasteiger partial charge in [-0.2, -0.15) is 0 Å². The molecule has 0 saturated carbocycles. The zero-order chi connectivity index (χ0) is 15.3. The van der Waals surface area contributed by atoms with Crippen molar-refractivity contribution in [2.24, 2.45) is 5.92 Å². The Bertz CT molecular complexity index is 474. The molecular weight excluding hydrogens is 256 g/mol. The zero-order valence-corrected chi connectivity index (χ0v) is 13.1. The normalized spacial score (nSPS) is 13.9. The Hall–Kier alpha value is -1.62. The smallest absolute Gasteiger partial charge is 0.256 e. The molecule has 0 aliphatic heterocycles. The van der Waals surface area contributed by atoms with E-state index in [1.165, 1.54) is 0 Å². The molecule has 1 heterocycles. The van der Waals surface area contributed by atoms with Crippen molar-refractivity contribution in [3.8, 4) is 5.88 Å². The first-order valence-corrected chi connectivity index (χ1v) is 6.69. The summed E-state index contributed by atoms with van der Waals surface area (Å²) < 4.78 is 10.5. The van der Waals surface area contributed by atoms with Gasteiger partial charge in [0.2, 0.25) is 5.88 Å². The third-order valence-electron chi connectivity index (χ3n) is 3.21. The Morgan fingerprint density at radius 3 is 2.55 bits per heavy atom. The lowest BCUT2D eigenvalue weighted by molar-refractivity contribution is -0.137. The number of aryl methyl sites for hydroxylation is 1. The highest BCUT2D eigenvalue weighted by Crippen LogP contribution is 2.24. The number of nitrogens with one attached hydrogen (secondary N) is 1. The number of ether oxygens (including phenoxy) is 2. The molecule has 0 aromatic carbocycles. The molecule has 0 spiro atoms. The Morgan fingerprint density at radius 1 is 1.45 bits per heavy atom. The Labute approximate surface area is 120 Å². The maximum atomic E-state index is 12.4.